The molecule has 0 heterocycles. The summed E-state index contributed by atoms with van der Waals surface area (Å²) in [6.07, 6.45) is -2.40. The van der Waals surface area contributed by atoms with E-state index in [1.807, 2.05) is 0 Å². The Morgan fingerprint density at radius 1 is 1.55 bits per heavy atom. The first-order valence-corrected chi connectivity index (χ1v) is 4.44. The van der Waals surface area contributed by atoms with Crippen LogP contribution in [0.25, 0.3) is 0 Å². The van der Waals surface area contributed by atoms with Gasteiger partial charge in [0.05, 0.1) is 0 Å². The molecule has 2 N–H and O–H groups in total. The lowest BCUT2D eigenvalue weighted by atomic mass is 11.4. The van der Waals surface area contributed by atoms with Crippen molar-refractivity contribution in [3.05, 3.63) is 0 Å². The van der Waals surface area contributed by atoms with E-state index in [1.165, 1.54) is 0 Å². The van der Waals surface area contributed by atoms with E-state index in [-0.39, 0.29) is 0 Å². The smallest absolute Gasteiger partial charge is 0.412 e. The second kappa shape index (κ2) is 3.80. The van der Waals surface area contributed by atoms with E-state index in [4.69, 9.17) is 0 Å². The molecule has 0 aliphatic carbocycles. The normalized spacial score (nSPS) is 14.1. The molecule has 0 fully saturated rings. The zero-order chi connectivity index (χ0) is 9.07. The Labute approximate surface area is 63.8 Å². The Morgan fingerprint density at radius 3 is 2.27 bits per heavy atom. The molecular weight excluding hydrogens is 206 g/mol. The summed E-state index contributed by atoms with van der Waals surface area (Å²) in [5, 5.41) is 0. The summed E-state index contributed by atoms with van der Waals surface area (Å²) in [7, 11) is -4.68. The van der Waals surface area contributed by atoms with E-state index in [0.29, 0.717) is 4.72 Å². The average Bonchev–Trinajstić information content (AvgIpc) is 1.53. The van der Waals surface area contributed by atoms with E-state index in [2.05, 4.69) is 0 Å². The maximum absolute atomic E-state index is 11.4. The van der Waals surface area contributed by atoms with Crippen LogP contribution in [0.4, 0.5) is 13.1 Å². The van der Waals surface area contributed by atoms with Gasteiger partial charge < -0.3 is 4.55 Å². The molecule has 0 saturated carbocycles. The minimum absolute atomic E-state index is 0.673. The molecule has 0 aromatic carbocycles. The van der Waals surface area contributed by atoms with Crippen LogP contribution in [0.5, 0.6) is 0 Å². The highest BCUT2D eigenvalue weighted by Gasteiger charge is 2.21. The Balaban J connectivity index is 4.14. The van der Waals surface area contributed by atoms with Gasteiger partial charge >= 0.3 is 16.4 Å². The summed E-state index contributed by atoms with van der Waals surface area (Å²) >= 11 is -3.37. The van der Waals surface area contributed by atoms with Crippen molar-refractivity contribution in [3.63, 3.8) is 0 Å². The Morgan fingerprint density at radius 2 is 2.00 bits per heavy atom. The van der Waals surface area contributed by atoms with Gasteiger partial charge in [0.25, 0.3) is 11.7 Å². The predicted octanol–water partition coefficient (Wildman–Crippen LogP) is -0.952. The zero-order valence-electron chi connectivity index (χ0n) is 4.71. The maximum Gasteiger partial charge on any atom is 0.412 e. The molecule has 1 unspecified atom stereocenters. The third kappa shape index (κ3) is 5.97. The molecule has 0 spiro atoms. The number of carbonyl (C=O) groups excluding carboxylic acids is 1. The largest absolute Gasteiger partial charge is 0.560 e. The van der Waals surface area contributed by atoms with Crippen LogP contribution in [0.1, 0.15) is 0 Å². The molecule has 11 heavy (non-hydrogen) atoms. The van der Waals surface area contributed by atoms with Crippen molar-refractivity contribution < 1.29 is 26.0 Å². The highest BCUT2D eigenvalue weighted by Crippen LogP contribution is 1.88. The van der Waals surface area contributed by atoms with E-state index in [0.717, 1.165) is 4.13 Å². The van der Waals surface area contributed by atoms with E-state index < -0.39 is 28.1 Å². The summed E-state index contributed by atoms with van der Waals surface area (Å²) in [5.74, 6) is 0. The van der Waals surface area contributed by atoms with Gasteiger partial charge in [0.1, 0.15) is 0 Å². The van der Waals surface area contributed by atoms with Crippen molar-refractivity contribution >= 4 is 28.1 Å². The molecule has 0 rings (SSSR count). The lowest BCUT2D eigenvalue weighted by molar-refractivity contribution is 0.227. The second-order valence-electron chi connectivity index (χ2n) is 1.19. The molecule has 10 heteroatoms. The van der Waals surface area contributed by atoms with Gasteiger partial charge in [0, 0.05) is 8.01 Å². The molecule has 0 radical (unpaired) electrons. The third-order valence-electron chi connectivity index (χ3n) is 0.390. The fourth-order valence-electron chi connectivity index (χ4n) is 0.213. The van der Waals surface area contributed by atoms with Crippen LogP contribution in [-0.4, -0.2) is 19.1 Å². The lowest BCUT2D eigenvalue weighted by Gasteiger charge is -1.99. The van der Waals surface area contributed by atoms with Crippen LogP contribution in [0.2, 0.25) is 0 Å². The van der Waals surface area contributed by atoms with Gasteiger partial charge in [-0.1, -0.05) is 0 Å². The quantitative estimate of drug-likeness (QED) is 0.355. The van der Waals surface area contributed by atoms with Gasteiger partial charge in [0.2, 0.25) is 0 Å². The van der Waals surface area contributed by atoms with Crippen LogP contribution in [0, 0.1) is 0 Å². The highest BCUT2D eigenvalue weighted by molar-refractivity contribution is 8.01. The first kappa shape index (κ1) is 10.6. The monoisotopic (exact) mass is 208 g/mol. The van der Waals surface area contributed by atoms with Crippen LogP contribution in [0.3, 0.4) is 0 Å². The molecule has 6 nitrogen and oxygen atoms in total. The van der Waals surface area contributed by atoms with Gasteiger partial charge in [-0.25, -0.2) is 9.52 Å². The third-order valence-corrected chi connectivity index (χ3v) is 2.22. The summed E-state index contributed by atoms with van der Waals surface area (Å²) in [4.78, 5) is 9.42. The van der Waals surface area contributed by atoms with Gasteiger partial charge in [0.15, 0.2) is 0 Å². The topological polar surface area (TPSA) is 98.3 Å². The number of hydrogen-bond acceptors (Lipinski definition) is 4. The SMILES string of the molecule is O=C(F)NS(=O)(=O)N[S+]([O-])F. The summed E-state index contributed by atoms with van der Waals surface area (Å²) < 4.78 is 53.8. The maximum atomic E-state index is 11.4. The molecule has 0 aromatic rings. The predicted molar refractivity (Wildman–Crippen MR) is 30.9 cm³/mol. The van der Waals surface area contributed by atoms with Crippen molar-refractivity contribution in [1.82, 2.24) is 8.85 Å². The van der Waals surface area contributed by atoms with Gasteiger partial charge in [-0.3, -0.25) is 0 Å². The molecule has 1 amide bonds. The summed E-state index contributed by atoms with van der Waals surface area (Å²) in [5.41, 5.74) is 0. The molecular formula is CH2F2N2O4S2. The number of carbonyl (C=O) groups is 1. The number of nitrogens with one attached hydrogen (secondary N) is 2. The Bertz CT molecular complexity index is 236. The van der Waals surface area contributed by atoms with Crippen LogP contribution < -0.4 is 8.85 Å². The molecule has 0 aliphatic rings. The average molecular weight is 208 g/mol. The van der Waals surface area contributed by atoms with E-state index in [9.17, 15) is 26.0 Å². The second-order valence-corrected chi connectivity index (χ2v) is 3.51. The highest BCUT2D eigenvalue weighted by atomic mass is 32.3. The fraction of sp³-hybridized carbons (Fsp3) is 0. The summed E-state index contributed by atoms with van der Waals surface area (Å²) in [6, 6.07) is 0. The number of hydrogen-bond donors (Lipinski definition) is 2. The molecule has 0 saturated heterocycles. The number of rotatable bonds is 3. The van der Waals surface area contributed by atoms with Crippen molar-refractivity contribution in [2.45, 2.75) is 0 Å². The molecule has 0 bridgehead atoms. The van der Waals surface area contributed by atoms with Crippen molar-refractivity contribution in [2.24, 2.45) is 0 Å². The molecule has 66 valence electrons. The summed E-state index contributed by atoms with van der Waals surface area (Å²) in [6.45, 7) is 0. The number of halogens is 2. The minimum Gasteiger partial charge on any atom is -0.560 e. The van der Waals surface area contributed by atoms with Crippen LogP contribution >= 0.6 is 0 Å². The van der Waals surface area contributed by atoms with Crippen molar-refractivity contribution in [1.29, 1.82) is 0 Å². The number of amides is 1. The Kier molecular flexibility index (Phi) is 3.65. The Hall–Kier alpha value is -0.450. The fourth-order valence-corrected chi connectivity index (χ4v) is 1.28. The molecule has 0 aromatic heterocycles. The van der Waals surface area contributed by atoms with E-state index in [1.54, 1.807) is 0 Å². The first-order chi connectivity index (χ1) is 4.83. The van der Waals surface area contributed by atoms with Crippen molar-refractivity contribution in [3.8, 4) is 0 Å². The van der Waals surface area contributed by atoms with Gasteiger partial charge in [-0.2, -0.15) is 8.42 Å². The zero-order valence-corrected chi connectivity index (χ0v) is 6.34. The van der Waals surface area contributed by atoms with Gasteiger partial charge in [-0.05, 0) is 0 Å². The molecule has 0 aliphatic heterocycles. The molecule has 1 atom stereocenters. The van der Waals surface area contributed by atoms with Crippen LogP contribution in [-0.2, 0) is 22.0 Å². The lowest BCUT2D eigenvalue weighted by Crippen LogP contribution is -2.39. The first-order valence-electron chi connectivity index (χ1n) is 1.91. The van der Waals surface area contributed by atoms with Crippen LogP contribution in [0.15, 0.2) is 0 Å². The minimum atomic E-state index is -4.68. The van der Waals surface area contributed by atoms with Gasteiger partial charge in [-0.15, -0.1) is 4.39 Å². The standard InChI is InChI=1S/CH2F2N2O4S2/c2-1(6)4-11(8,9)5-10(3)7/h5H,(H,4,6). The van der Waals surface area contributed by atoms with Crippen molar-refractivity contribution in [2.75, 3.05) is 0 Å². The van der Waals surface area contributed by atoms with E-state index >= 15 is 0 Å².